The molecule has 2 heterocycles. The van der Waals surface area contributed by atoms with Crippen LogP contribution >= 0.6 is 0 Å². The number of nitrogens with zero attached hydrogens (tertiary/aromatic N) is 4. The topological polar surface area (TPSA) is 13.0 Å². The summed E-state index contributed by atoms with van der Waals surface area (Å²) in [6, 6.07) is 0. The van der Waals surface area contributed by atoms with Crippen LogP contribution in [-0.4, -0.2) is 78.9 Å². The Morgan fingerprint density at radius 1 is 0.387 bits per heavy atom. The first kappa shape index (κ1) is 27.1. The summed E-state index contributed by atoms with van der Waals surface area (Å²) in [7, 11) is 0. The van der Waals surface area contributed by atoms with E-state index in [0.717, 1.165) is 0 Å². The molecule has 0 bridgehead atoms. The zero-order chi connectivity index (χ0) is 22.0. The SMILES string of the molecule is CCCCCCCCCCN1CCN(CN2CCN(CCCCCCCCCC)C2)C1. The first-order valence-electron chi connectivity index (χ1n) is 14.2. The van der Waals surface area contributed by atoms with E-state index < -0.39 is 0 Å². The van der Waals surface area contributed by atoms with Crippen molar-refractivity contribution in [3.8, 4) is 0 Å². The normalized spacial score (nSPS) is 19.2. The zero-order valence-electron chi connectivity index (χ0n) is 21.5. The van der Waals surface area contributed by atoms with Crippen LogP contribution in [0.5, 0.6) is 0 Å². The molecule has 184 valence electrons. The predicted octanol–water partition coefficient (Wildman–Crippen LogP) is 6.38. The molecule has 2 aliphatic rings. The summed E-state index contributed by atoms with van der Waals surface area (Å²) >= 11 is 0. The molecule has 4 heteroatoms. The third-order valence-electron chi connectivity index (χ3n) is 7.32. The summed E-state index contributed by atoms with van der Waals surface area (Å²) < 4.78 is 0. The van der Waals surface area contributed by atoms with Crippen molar-refractivity contribution in [3.63, 3.8) is 0 Å². The summed E-state index contributed by atoms with van der Waals surface area (Å²) in [6.45, 7) is 15.9. The van der Waals surface area contributed by atoms with Gasteiger partial charge in [0.1, 0.15) is 0 Å². The van der Waals surface area contributed by atoms with E-state index in [-0.39, 0.29) is 0 Å². The first-order valence-corrected chi connectivity index (χ1v) is 14.2. The van der Waals surface area contributed by atoms with E-state index in [2.05, 4.69) is 33.4 Å². The van der Waals surface area contributed by atoms with E-state index in [0.29, 0.717) is 0 Å². The van der Waals surface area contributed by atoms with Crippen molar-refractivity contribution in [1.29, 1.82) is 0 Å². The highest BCUT2D eigenvalue weighted by atomic mass is 15.5. The quantitative estimate of drug-likeness (QED) is 0.205. The minimum Gasteiger partial charge on any atom is -0.289 e. The summed E-state index contributed by atoms with van der Waals surface area (Å²) in [5.41, 5.74) is 0. The maximum Gasteiger partial charge on any atom is 0.0531 e. The van der Waals surface area contributed by atoms with Gasteiger partial charge < -0.3 is 0 Å². The van der Waals surface area contributed by atoms with E-state index in [1.165, 1.54) is 162 Å². The first-order chi connectivity index (χ1) is 15.3. The molecule has 0 aliphatic carbocycles. The van der Waals surface area contributed by atoms with Crippen LogP contribution < -0.4 is 0 Å². The second-order valence-corrected chi connectivity index (χ2v) is 10.4. The Bertz CT molecular complexity index is 367. The molecule has 0 aromatic rings. The standard InChI is InChI=1S/C27H56N4/c1-3-5-7-9-11-13-15-17-19-28-21-23-30(25-28)27-31-24-22-29(26-31)20-18-16-14-12-10-8-6-4-2/h3-27H2,1-2H3. The molecule has 2 aliphatic heterocycles. The van der Waals surface area contributed by atoms with Crippen LogP contribution in [0.3, 0.4) is 0 Å². The van der Waals surface area contributed by atoms with Gasteiger partial charge in [-0.05, 0) is 25.9 Å². The fraction of sp³-hybridized carbons (Fsp3) is 1.00. The predicted molar refractivity (Wildman–Crippen MR) is 136 cm³/mol. The molecule has 0 aromatic heterocycles. The summed E-state index contributed by atoms with van der Waals surface area (Å²) in [4.78, 5) is 10.7. The molecule has 0 radical (unpaired) electrons. The van der Waals surface area contributed by atoms with E-state index in [1.807, 2.05) is 0 Å². The van der Waals surface area contributed by atoms with Gasteiger partial charge in [-0.25, -0.2) is 0 Å². The smallest absolute Gasteiger partial charge is 0.0531 e. The van der Waals surface area contributed by atoms with Gasteiger partial charge in [0, 0.05) is 26.2 Å². The Balaban J connectivity index is 1.40. The van der Waals surface area contributed by atoms with E-state index in [9.17, 15) is 0 Å². The zero-order valence-corrected chi connectivity index (χ0v) is 21.5. The number of unbranched alkanes of at least 4 members (excludes halogenated alkanes) is 14. The Labute approximate surface area is 195 Å². The van der Waals surface area contributed by atoms with Crippen molar-refractivity contribution in [2.24, 2.45) is 0 Å². The van der Waals surface area contributed by atoms with E-state index in [1.54, 1.807) is 0 Å². The number of hydrogen-bond donors (Lipinski definition) is 0. The monoisotopic (exact) mass is 436 g/mol. The van der Waals surface area contributed by atoms with Crippen LogP contribution in [0.15, 0.2) is 0 Å². The lowest BCUT2D eigenvalue weighted by molar-refractivity contribution is 0.135. The number of rotatable bonds is 20. The molecular formula is C27H56N4. The fourth-order valence-corrected chi connectivity index (χ4v) is 5.23. The molecule has 2 saturated heterocycles. The average molecular weight is 437 g/mol. The molecule has 31 heavy (non-hydrogen) atoms. The summed E-state index contributed by atoms with van der Waals surface area (Å²) in [6.07, 6.45) is 22.9. The van der Waals surface area contributed by atoms with E-state index in [4.69, 9.17) is 0 Å². The van der Waals surface area contributed by atoms with Crippen molar-refractivity contribution >= 4 is 0 Å². The van der Waals surface area contributed by atoms with Gasteiger partial charge in [0.2, 0.25) is 0 Å². The van der Waals surface area contributed by atoms with E-state index >= 15 is 0 Å². The molecule has 0 saturated carbocycles. The average Bonchev–Trinajstić information content (AvgIpc) is 3.41. The molecule has 2 fully saturated rings. The second kappa shape index (κ2) is 18.3. The van der Waals surface area contributed by atoms with Crippen LogP contribution in [0.1, 0.15) is 117 Å². The molecular weight excluding hydrogens is 380 g/mol. The Morgan fingerprint density at radius 3 is 1.10 bits per heavy atom. The van der Waals surface area contributed by atoms with Crippen molar-refractivity contribution < 1.29 is 0 Å². The molecule has 0 spiro atoms. The van der Waals surface area contributed by atoms with Crippen molar-refractivity contribution in [1.82, 2.24) is 19.6 Å². The van der Waals surface area contributed by atoms with Gasteiger partial charge in [0.15, 0.2) is 0 Å². The van der Waals surface area contributed by atoms with Crippen LogP contribution in [0.4, 0.5) is 0 Å². The highest BCUT2D eigenvalue weighted by Gasteiger charge is 2.25. The molecule has 4 nitrogen and oxygen atoms in total. The van der Waals surface area contributed by atoms with Gasteiger partial charge >= 0.3 is 0 Å². The lowest BCUT2D eigenvalue weighted by atomic mass is 10.1. The van der Waals surface area contributed by atoms with Gasteiger partial charge in [-0.3, -0.25) is 19.6 Å². The van der Waals surface area contributed by atoms with Crippen LogP contribution in [0, 0.1) is 0 Å². The molecule has 0 aromatic carbocycles. The number of hydrogen-bond acceptors (Lipinski definition) is 4. The van der Waals surface area contributed by atoms with Gasteiger partial charge in [-0.15, -0.1) is 0 Å². The van der Waals surface area contributed by atoms with Crippen LogP contribution in [0.25, 0.3) is 0 Å². The molecule has 0 amide bonds. The third-order valence-corrected chi connectivity index (χ3v) is 7.32. The molecule has 2 rings (SSSR count). The van der Waals surface area contributed by atoms with Crippen molar-refractivity contribution in [2.45, 2.75) is 117 Å². The van der Waals surface area contributed by atoms with Gasteiger partial charge in [0.05, 0.1) is 20.0 Å². The summed E-state index contributed by atoms with van der Waals surface area (Å²) in [5, 5.41) is 0. The van der Waals surface area contributed by atoms with Gasteiger partial charge in [-0.2, -0.15) is 0 Å². The molecule has 0 atom stereocenters. The third kappa shape index (κ3) is 13.2. The highest BCUT2D eigenvalue weighted by molar-refractivity contribution is 4.75. The minimum atomic E-state index is 1.18. The van der Waals surface area contributed by atoms with Gasteiger partial charge in [-0.1, -0.05) is 104 Å². The second-order valence-electron chi connectivity index (χ2n) is 10.4. The summed E-state index contributed by atoms with van der Waals surface area (Å²) in [5.74, 6) is 0. The minimum absolute atomic E-state index is 1.18. The fourth-order valence-electron chi connectivity index (χ4n) is 5.23. The van der Waals surface area contributed by atoms with Crippen LogP contribution in [-0.2, 0) is 0 Å². The largest absolute Gasteiger partial charge is 0.289 e. The molecule has 0 unspecified atom stereocenters. The van der Waals surface area contributed by atoms with Crippen molar-refractivity contribution in [2.75, 3.05) is 59.3 Å². The lowest BCUT2D eigenvalue weighted by Crippen LogP contribution is -2.37. The Morgan fingerprint density at radius 2 is 0.710 bits per heavy atom. The Kier molecular flexibility index (Phi) is 16.0. The lowest BCUT2D eigenvalue weighted by Gasteiger charge is -2.24. The van der Waals surface area contributed by atoms with Gasteiger partial charge in [0.25, 0.3) is 0 Å². The maximum absolute atomic E-state index is 2.69. The molecule has 0 N–H and O–H groups in total. The highest BCUT2D eigenvalue weighted by Crippen LogP contribution is 2.14. The van der Waals surface area contributed by atoms with Crippen LogP contribution in [0.2, 0.25) is 0 Å². The van der Waals surface area contributed by atoms with Crippen molar-refractivity contribution in [3.05, 3.63) is 0 Å². The maximum atomic E-state index is 2.69. The Hall–Kier alpha value is -0.160.